The average molecular weight is 299 g/mol. The van der Waals surface area contributed by atoms with Gasteiger partial charge in [0.2, 0.25) is 0 Å². The van der Waals surface area contributed by atoms with E-state index in [-0.39, 0.29) is 4.90 Å². The van der Waals surface area contributed by atoms with Crippen LogP contribution in [0.2, 0.25) is 0 Å². The summed E-state index contributed by atoms with van der Waals surface area (Å²) < 4.78 is 64.2. The summed E-state index contributed by atoms with van der Waals surface area (Å²) in [6, 6.07) is 0.836. The van der Waals surface area contributed by atoms with Crippen LogP contribution in [-0.2, 0) is 0 Å². The van der Waals surface area contributed by atoms with E-state index in [1.165, 1.54) is 0 Å². The Balaban J connectivity index is 3.23. The number of rotatable bonds is 5. The first-order chi connectivity index (χ1) is 9.15. The predicted octanol–water partition coefficient (Wildman–Crippen LogP) is 2.02. The van der Waals surface area contributed by atoms with Crippen LogP contribution in [0.5, 0.6) is 0 Å². The largest absolute Gasteiger partial charge is 0.478 e. The van der Waals surface area contributed by atoms with E-state index in [1.54, 1.807) is 0 Å². The molecule has 0 saturated carbocycles. The molecule has 0 aliphatic heterocycles. The maximum Gasteiger partial charge on any atom is 0.405 e. The van der Waals surface area contributed by atoms with Gasteiger partial charge < -0.3 is 15.1 Å². The standard InChI is InChI=1S/C11H10F5NO3/c12-7-3-6(10(19)20)4-8(13)9(7)17(1-2-18)5-11(14,15)16/h3-4,18H,1-2,5H2,(H,19,20). The van der Waals surface area contributed by atoms with Crippen molar-refractivity contribution >= 4 is 11.7 Å². The van der Waals surface area contributed by atoms with Crippen LogP contribution >= 0.6 is 0 Å². The van der Waals surface area contributed by atoms with Crippen LogP contribution < -0.4 is 4.90 Å². The van der Waals surface area contributed by atoms with Crippen molar-refractivity contribution in [3.8, 4) is 0 Å². The van der Waals surface area contributed by atoms with Gasteiger partial charge in [-0.1, -0.05) is 0 Å². The van der Waals surface area contributed by atoms with Crippen LogP contribution in [-0.4, -0.2) is 42.1 Å². The number of benzene rings is 1. The Labute approximate surface area is 110 Å². The minimum absolute atomic E-state index is 0.260. The highest BCUT2D eigenvalue weighted by molar-refractivity contribution is 5.88. The Morgan fingerprint density at radius 3 is 2.05 bits per heavy atom. The van der Waals surface area contributed by atoms with Crippen LogP contribution in [0.4, 0.5) is 27.6 Å². The number of carbonyl (C=O) groups is 1. The van der Waals surface area contributed by atoms with E-state index in [9.17, 15) is 26.7 Å². The molecule has 1 aromatic rings. The molecule has 0 aromatic heterocycles. The van der Waals surface area contributed by atoms with Crippen molar-refractivity contribution in [2.24, 2.45) is 0 Å². The number of carboxylic acids is 1. The van der Waals surface area contributed by atoms with Gasteiger partial charge in [0.25, 0.3) is 0 Å². The number of carboxylic acid groups (broad SMARTS) is 1. The van der Waals surface area contributed by atoms with Gasteiger partial charge in [0.1, 0.15) is 23.9 Å². The second-order valence-corrected chi connectivity index (χ2v) is 3.85. The normalized spacial score (nSPS) is 11.5. The lowest BCUT2D eigenvalue weighted by molar-refractivity contribution is -0.120. The van der Waals surface area contributed by atoms with Gasteiger partial charge in [0.15, 0.2) is 0 Å². The molecule has 0 amide bonds. The van der Waals surface area contributed by atoms with Gasteiger partial charge in [-0.25, -0.2) is 13.6 Å². The molecule has 0 fully saturated rings. The summed E-state index contributed by atoms with van der Waals surface area (Å²) in [5.41, 5.74) is -1.75. The number of anilines is 1. The number of nitrogens with zero attached hydrogens (tertiary/aromatic N) is 1. The highest BCUT2D eigenvalue weighted by Gasteiger charge is 2.33. The van der Waals surface area contributed by atoms with Crippen molar-refractivity contribution in [3.63, 3.8) is 0 Å². The lowest BCUT2D eigenvalue weighted by Crippen LogP contribution is -2.37. The molecule has 0 bridgehead atoms. The van der Waals surface area contributed by atoms with E-state index in [0.717, 1.165) is 0 Å². The van der Waals surface area contributed by atoms with Gasteiger partial charge in [-0.2, -0.15) is 13.2 Å². The molecule has 2 N–H and O–H groups in total. The van der Waals surface area contributed by atoms with E-state index in [0.29, 0.717) is 12.1 Å². The van der Waals surface area contributed by atoms with Crippen molar-refractivity contribution < 1.29 is 37.0 Å². The van der Waals surface area contributed by atoms with E-state index < -0.39 is 54.7 Å². The quantitative estimate of drug-likeness (QED) is 0.817. The fourth-order valence-electron chi connectivity index (χ4n) is 1.60. The third-order valence-corrected chi connectivity index (χ3v) is 2.32. The molecule has 0 radical (unpaired) electrons. The SMILES string of the molecule is O=C(O)c1cc(F)c(N(CCO)CC(F)(F)F)c(F)c1. The minimum atomic E-state index is -4.74. The van der Waals surface area contributed by atoms with Crippen LogP contribution in [0.1, 0.15) is 10.4 Å². The van der Waals surface area contributed by atoms with Crippen molar-refractivity contribution in [3.05, 3.63) is 29.3 Å². The van der Waals surface area contributed by atoms with Gasteiger partial charge in [0.05, 0.1) is 12.2 Å². The summed E-state index contributed by atoms with van der Waals surface area (Å²) in [6.07, 6.45) is -4.74. The predicted molar refractivity (Wildman–Crippen MR) is 58.7 cm³/mol. The molecule has 20 heavy (non-hydrogen) atoms. The van der Waals surface area contributed by atoms with Crippen LogP contribution in [0.15, 0.2) is 12.1 Å². The Morgan fingerprint density at radius 2 is 1.70 bits per heavy atom. The lowest BCUT2D eigenvalue weighted by atomic mass is 10.1. The molecular formula is C11H10F5NO3. The summed E-state index contributed by atoms with van der Waals surface area (Å²) in [7, 11) is 0. The topological polar surface area (TPSA) is 60.8 Å². The fraction of sp³-hybridized carbons (Fsp3) is 0.364. The van der Waals surface area contributed by atoms with E-state index in [4.69, 9.17) is 10.2 Å². The zero-order valence-corrected chi connectivity index (χ0v) is 9.92. The molecule has 1 rings (SSSR count). The van der Waals surface area contributed by atoms with Gasteiger partial charge in [-0.05, 0) is 12.1 Å². The number of halogens is 5. The Kier molecular flexibility index (Phi) is 4.88. The molecule has 0 saturated heterocycles. The van der Waals surface area contributed by atoms with Gasteiger partial charge >= 0.3 is 12.1 Å². The average Bonchev–Trinajstić information content (AvgIpc) is 2.25. The summed E-state index contributed by atoms with van der Waals surface area (Å²) in [4.78, 5) is 10.8. The van der Waals surface area contributed by atoms with E-state index in [2.05, 4.69) is 0 Å². The molecule has 0 aliphatic carbocycles. The van der Waals surface area contributed by atoms with Gasteiger partial charge in [0, 0.05) is 6.54 Å². The van der Waals surface area contributed by atoms with Crippen molar-refractivity contribution in [2.45, 2.75) is 6.18 Å². The molecule has 112 valence electrons. The second kappa shape index (κ2) is 6.04. The smallest absolute Gasteiger partial charge is 0.405 e. The molecule has 0 heterocycles. The number of aliphatic hydroxyl groups excluding tert-OH is 1. The summed E-state index contributed by atoms with van der Waals surface area (Å²) in [5, 5.41) is 17.3. The van der Waals surface area contributed by atoms with E-state index >= 15 is 0 Å². The number of hydrogen-bond donors (Lipinski definition) is 2. The second-order valence-electron chi connectivity index (χ2n) is 3.85. The van der Waals surface area contributed by atoms with E-state index in [1.807, 2.05) is 0 Å². The number of hydrogen-bond acceptors (Lipinski definition) is 3. The zero-order valence-electron chi connectivity index (χ0n) is 9.92. The molecule has 0 spiro atoms. The molecule has 0 atom stereocenters. The zero-order chi connectivity index (χ0) is 15.5. The third kappa shape index (κ3) is 4.05. The maximum atomic E-state index is 13.6. The first-order valence-corrected chi connectivity index (χ1v) is 5.30. The van der Waals surface area contributed by atoms with Crippen LogP contribution in [0.25, 0.3) is 0 Å². The first-order valence-electron chi connectivity index (χ1n) is 5.30. The Hall–Kier alpha value is -1.90. The van der Waals surface area contributed by atoms with Crippen molar-refractivity contribution in [1.29, 1.82) is 0 Å². The number of aliphatic hydroxyl groups is 1. The van der Waals surface area contributed by atoms with Gasteiger partial charge in [-0.15, -0.1) is 0 Å². The third-order valence-electron chi connectivity index (χ3n) is 2.32. The molecule has 1 aromatic carbocycles. The van der Waals surface area contributed by atoms with Crippen molar-refractivity contribution in [1.82, 2.24) is 0 Å². The highest BCUT2D eigenvalue weighted by Crippen LogP contribution is 2.28. The number of aromatic carboxylic acids is 1. The van der Waals surface area contributed by atoms with Crippen molar-refractivity contribution in [2.75, 3.05) is 24.6 Å². The van der Waals surface area contributed by atoms with Crippen LogP contribution in [0.3, 0.4) is 0 Å². The Bertz CT molecular complexity index is 480. The summed E-state index contributed by atoms with van der Waals surface area (Å²) in [5.74, 6) is -4.50. The van der Waals surface area contributed by atoms with Gasteiger partial charge in [-0.3, -0.25) is 0 Å². The first kappa shape index (κ1) is 16.2. The summed E-state index contributed by atoms with van der Waals surface area (Å²) in [6.45, 7) is -3.08. The summed E-state index contributed by atoms with van der Waals surface area (Å²) >= 11 is 0. The fourth-order valence-corrected chi connectivity index (χ4v) is 1.60. The molecular weight excluding hydrogens is 289 g/mol. The Morgan fingerprint density at radius 1 is 1.20 bits per heavy atom. The molecule has 9 heteroatoms. The number of alkyl halides is 3. The van der Waals surface area contributed by atoms with Crippen LogP contribution in [0, 0.1) is 11.6 Å². The maximum absolute atomic E-state index is 13.6. The molecule has 0 aliphatic rings. The highest BCUT2D eigenvalue weighted by atomic mass is 19.4. The lowest BCUT2D eigenvalue weighted by Gasteiger charge is -2.26. The molecule has 4 nitrogen and oxygen atoms in total. The monoisotopic (exact) mass is 299 g/mol. The molecule has 0 unspecified atom stereocenters. The minimum Gasteiger partial charge on any atom is -0.478 e.